The monoisotopic (exact) mass is 318 g/mol. The maximum Gasteiger partial charge on any atom is 0.265 e. The van der Waals surface area contributed by atoms with Crippen LogP contribution in [0.1, 0.15) is 11.1 Å². The zero-order valence-corrected chi connectivity index (χ0v) is 12.9. The molecule has 118 valence electrons. The third-order valence-corrected chi connectivity index (χ3v) is 3.71. The average Bonchev–Trinajstić information content (AvgIpc) is 2.94. The summed E-state index contributed by atoms with van der Waals surface area (Å²) in [5, 5.41) is 22.8. The first-order valence-electron chi connectivity index (χ1n) is 7.40. The van der Waals surface area contributed by atoms with Gasteiger partial charge in [0.05, 0.1) is 11.7 Å². The van der Waals surface area contributed by atoms with Gasteiger partial charge in [0.25, 0.3) is 5.95 Å². The molecule has 7 nitrogen and oxygen atoms in total. The number of aromatic hydroxyl groups is 1. The Morgan fingerprint density at radius 2 is 2.04 bits per heavy atom. The van der Waals surface area contributed by atoms with Crippen LogP contribution in [0.4, 0.5) is 5.95 Å². The van der Waals surface area contributed by atoms with Gasteiger partial charge in [0, 0.05) is 5.39 Å². The van der Waals surface area contributed by atoms with E-state index in [0.29, 0.717) is 11.6 Å². The molecule has 0 unspecified atom stereocenters. The third-order valence-electron chi connectivity index (χ3n) is 3.71. The molecule has 2 aromatic heterocycles. The van der Waals surface area contributed by atoms with Gasteiger partial charge in [-0.3, -0.25) is 0 Å². The van der Waals surface area contributed by atoms with Crippen molar-refractivity contribution in [1.82, 2.24) is 20.2 Å². The quantitative estimate of drug-likeness (QED) is 0.398. The van der Waals surface area contributed by atoms with E-state index in [1.165, 1.54) is 0 Å². The Bertz CT molecular complexity index is 1070. The van der Waals surface area contributed by atoms with E-state index >= 15 is 0 Å². The number of para-hydroxylation sites is 1. The molecule has 0 aliphatic heterocycles. The molecule has 2 aromatic carbocycles. The Morgan fingerprint density at radius 1 is 1.17 bits per heavy atom. The van der Waals surface area contributed by atoms with Crippen molar-refractivity contribution >= 4 is 34.2 Å². The lowest BCUT2D eigenvalue weighted by Crippen LogP contribution is -1.98. The van der Waals surface area contributed by atoms with Crippen LogP contribution >= 0.6 is 0 Å². The fraction of sp³-hybridized carbons (Fsp3) is 0.0588. The largest absolute Gasteiger partial charge is 0.508 e. The fourth-order valence-corrected chi connectivity index (χ4v) is 2.56. The summed E-state index contributed by atoms with van der Waals surface area (Å²) < 4.78 is 0. The molecule has 0 saturated carbocycles. The second kappa shape index (κ2) is 5.62. The maximum absolute atomic E-state index is 9.42. The van der Waals surface area contributed by atoms with Crippen LogP contribution in [0.25, 0.3) is 22.1 Å². The van der Waals surface area contributed by atoms with Crippen molar-refractivity contribution in [1.29, 1.82) is 0 Å². The van der Waals surface area contributed by atoms with Crippen LogP contribution in [-0.4, -0.2) is 31.5 Å². The van der Waals surface area contributed by atoms with Crippen molar-refractivity contribution in [3.05, 3.63) is 53.6 Å². The van der Waals surface area contributed by atoms with E-state index in [9.17, 15) is 5.11 Å². The molecule has 0 atom stereocenters. The number of hydrazone groups is 1. The van der Waals surface area contributed by atoms with Crippen molar-refractivity contribution in [2.24, 2.45) is 5.10 Å². The molecule has 4 aromatic rings. The summed E-state index contributed by atoms with van der Waals surface area (Å²) in [7, 11) is 0. The van der Waals surface area contributed by atoms with E-state index < -0.39 is 0 Å². The van der Waals surface area contributed by atoms with Crippen molar-refractivity contribution in [2.75, 3.05) is 5.43 Å². The van der Waals surface area contributed by atoms with Crippen LogP contribution < -0.4 is 5.43 Å². The van der Waals surface area contributed by atoms with Gasteiger partial charge in [-0.25, -0.2) is 5.43 Å². The van der Waals surface area contributed by atoms with E-state index in [-0.39, 0.29) is 5.75 Å². The molecule has 7 heteroatoms. The predicted octanol–water partition coefficient (Wildman–Crippen LogP) is 2.97. The molecule has 0 fully saturated rings. The summed E-state index contributed by atoms with van der Waals surface area (Å²) in [5.41, 5.74) is 7.04. The molecule has 0 radical (unpaired) electrons. The zero-order chi connectivity index (χ0) is 16.5. The number of rotatable bonds is 3. The Balaban J connectivity index is 1.63. The zero-order valence-electron chi connectivity index (χ0n) is 12.9. The van der Waals surface area contributed by atoms with Crippen LogP contribution in [0, 0.1) is 6.92 Å². The molecule has 0 aliphatic carbocycles. The van der Waals surface area contributed by atoms with Crippen LogP contribution in [0.2, 0.25) is 0 Å². The Hall–Kier alpha value is -3.48. The van der Waals surface area contributed by atoms with Crippen molar-refractivity contribution in [3.8, 4) is 5.75 Å². The minimum atomic E-state index is 0.187. The first-order chi connectivity index (χ1) is 11.7. The van der Waals surface area contributed by atoms with E-state index in [1.54, 1.807) is 24.4 Å². The number of hydrogen-bond acceptors (Lipinski definition) is 6. The van der Waals surface area contributed by atoms with E-state index in [0.717, 1.165) is 27.5 Å². The molecule has 0 spiro atoms. The van der Waals surface area contributed by atoms with Crippen LogP contribution in [0.3, 0.4) is 0 Å². The minimum Gasteiger partial charge on any atom is -0.508 e. The number of nitrogens with zero attached hydrogens (tertiary/aromatic N) is 4. The second-order valence-corrected chi connectivity index (χ2v) is 5.42. The van der Waals surface area contributed by atoms with Crippen molar-refractivity contribution in [3.63, 3.8) is 0 Å². The van der Waals surface area contributed by atoms with Gasteiger partial charge in [0.1, 0.15) is 11.3 Å². The molecule has 0 saturated heterocycles. The Labute approximate surface area is 137 Å². The second-order valence-electron chi connectivity index (χ2n) is 5.42. The molecule has 2 heterocycles. The van der Waals surface area contributed by atoms with Crippen LogP contribution in [0.15, 0.2) is 47.6 Å². The lowest BCUT2D eigenvalue weighted by molar-refractivity contribution is 0.475. The fourth-order valence-electron chi connectivity index (χ4n) is 2.56. The minimum absolute atomic E-state index is 0.187. The molecular formula is C17H14N6O. The topological polar surface area (TPSA) is 99.1 Å². The average molecular weight is 318 g/mol. The standard InChI is InChI=1S/C17H14N6O/c1-10-4-2-7-13-14(10)19-16-15(13)21-23-17(20-16)22-18-9-11-5-3-6-12(24)8-11/h2-9,24H,1H3,(H2,19,20,22,23)/b18-9+. The smallest absolute Gasteiger partial charge is 0.265 e. The SMILES string of the molecule is Cc1cccc2c1[nH]c1nc(N/N=C/c3cccc(O)c3)nnc12. The highest BCUT2D eigenvalue weighted by atomic mass is 16.3. The first kappa shape index (κ1) is 14.1. The molecule has 0 bridgehead atoms. The van der Waals surface area contributed by atoms with Gasteiger partial charge in [-0.05, 0) is 30.2 Å². The number of phenolic OH excluding ortho intramolecular Hbond substituents is 1. The third kappa shape index (κ3) is 2.52. The Kier molecular flexibility index (Phi) is 3.31. The number of fused-ring (bicyclic) bond motifs is 3. The molecule has 3 N–H and O–H groups in total. The van der Waals surface area contributed by atoms with E-state index in [4.69, 9.17) is 0 Å². The lowest BCUT2D eigenvalue weighted by Gasteiger charge is -1.97. The number of anilines is 1. The van der Waals surface area contributed by atoms with E-state index in [1.807, 2.05) is 31.2 Å². The number of aryl methyl sites for hydroxylation is 1. The van der Waals surface area contributed by atoms with Gasteiger partial charge in [0.2, 0.25) is 0 Å². The summed E-state index contributed by atoms with van der Waals surface area (Å²) in [4.78, 5) is 7.66. The highest BCUT2D eigenvalue weighted by Crippen LogP contribution is 2.24. The number of H-pyrrole nitrogens is 1. The van der Waals surface area contributed by atoms with Gasteiger partial charge in [0.15, 0.2) is 5.65 Å². The number of benzene rings is 2. The van der Waals surface area contributed by atoms with Crippen LogP contribution in [0.5, 0.6) is 5.75 Å². The number of aromatic nitrogens is 4. The molecule has 4 rings (SSSR count). The van der Waals surface area contributed by atoms with Crippen molar-refractivity contribution in [2.45, 2.75) is 6.92 Å². The predicted molar refractivity (Wildman–Crippen MR) is 93.3 cm³/mol. The van der Waals surface area contributed by atoms with Crippen molar-refractivity contribution < 1.29 is 5.11 Å². The molecular weight excluding hydrogens is 304 g/mol. The van der Waals surface area contributed by atoms with Crippen LogP contribution in [-0.2, 0) is 0 Å². The highest BCUT2D eigenvalue weighted by molar-refractivity contribution is 6.04. The van der Waals surface area contributed by atoms with Gasteiger partial charge >= 0.3 is 0 Å². The summed E-state index contributed by atoms with van der Waals surface area (Å²) in [6.07, 6.45) is 1.57. The summed E-state index contributed by atoms with van der Waals surface area (Å²) in [6, 6.07) is 12.8. The first-order valence-corrected chi connectivity index (χ1v) is 7.40. The van der Waals surface area contributed by atoms with E-state index in [2.05, 4.69) is 30.7 Å². The highest BCUT2D eigenvalue weighted by Gasteiger charge is 2.09. The number of hydrogen-bond donors (Lipinski definition) is 3. The number of nitrogens with one attached hydrogen (secondary N) is 2. The number of phenols is 1. The molecule has 24 heavy (non-hydrogen) atoms. The summed E-state index contributed by atoms with van der Waals surface area (Å²) in [5.74, 6) is 0.481. The summed E-state index contributed by atoms with van der Waals surface area (Å²) in [6.45, 7) is 2.03. The Morgan fingerprint density at radius 3 is 2.92 bits per heavy atom. The van der Waals surface area contributed by atoms with Gasteiger partial charge in [-0.1, -0.05) is 30.3 Å². The van der Waals surface area contributed by atoms with Gasteiger partial charge < -0.3 is 10.1 Å². The number of aromatic amines is 1. The van der Waals surface area contributed by atoms with Gasteiger partial charge in [-0.2, -0.15) is 10.1 Å². The molecule has 0 aliphatic rings. The maximum atomic E-state index is 9.42. The van der Waals surface area contributed by atoms with Gasteiger partial charge in [-0.15, -0.1) is 10.2 Å². The summed E-state index contributed by atoms with van der Waals surface area (Å²) >= 11 is 0. The molecule has 0 amide bonds. The normalized spacial score (nSPS) is 11.5. The lowest BCUT2D eigenvalue weighted by atomic mass is 10.1.